The number of methoxy groups -OCH3 is 3. The molecule has 0 aliphatic heterocycles. The number of rotatable bonds is 6. The van der Waals surface area contributed by atoms with E-state index in [4.69, 9.17) is 25.8 Å². The maximum atomic E-state index is 13.0. The molecule has 0 aliphatic rings. The lowest BCUT2D eigenvalue weighted by Gasteiger charge is -2.10. The number of carbonyl (C=O) groups excluding carboxylic acids is 1. The fraction of sp³-hybridized carbons (Fsp3) is 0.143. The van der Waals surface area contributed by atoms with Gasteiger partial charge in [-0.2, -0.15) is 5.26 Å². The molecule has 3 rings (SSSR count). The monoisotopic (exact) mass is 396 g/mol. The second kappa shape index (κ2) is 8.07. The van der Waals surface area contributed by atoms with E-state index in [2.05, 4.69) is 4.98 Å². The lowest BCUT2D eigenvalue weighted by Crippen LogP contribution is -2.01. The van der Waals surface area contributed by atoms with Crippen molar-refractivity contribution in [1.29, 1.82) is 5.26 Å². The van der Waals surface area contributed by atoms with Gasteiger partial charge in [-0.05, 0) is 42.0 Å². The SMILES string of the molecule is COc1ccc2[nH]cc(C(=O)/C(C#N)=C\c3cc(Cl)c(OC)c(OC)c3)c2c1. The largest absolute Gasteiger partial charge is 0.497 e. The number of ketones is 1. The Morgan fingerprint density at radius 2 is 1.93 bits per heavy atom. The van der Waals surface area contributed by atoms with Crippen molar-refractivity contribution in [2.45, 2.75) is 0 Å². The number of fused-ring (bicyclic) bond motifs is 1. The molecule has 0 spiro atoms. The molecule has 1 heterocycles. The molecule has 3 aromatic rings. The summed E-state index contributed by atoms with van der Waals surface area (Å²) in [6, 6.07) is 10.6. The van der Waals surface area contributed by atoms with Crippen LogP contribution in [0.4, 0.5) is 0 Å². The van der Waals surface area contributed by atoms with Crippen molar-refractivity contribution < 1.29 is 19.0 Å². The van der Waals surface area contributed by atoms with Gasteiger partial charge in [-0.3, -0.25) is 4.79 Å². The Hall–Kier alpha value is -3.43. The van der Waals surface area contributed by atoms with Gasteiger partial charge in [0.15, 0.2) is 11.5 Å². The first-order chi connectivity index (χ1) is 13.5. The summed E-state index contributed by atoms with van der Waals surface area (Å²) in [5, 5.41) is 10.6. The predicted molar refractivity (Wildman–Crippen MR) is 107 cm³/mol. The van der Waals surface area contributed by atoms with Crippen molar-refractivity contribution in [3.63, 3.8) is 0 Å². The predicted octanol–water partition coefficient (Wildman–Crippen LogP) is 4.64. The summed E-state index contributed by atoms with van der Waals surface area (Å²) in [6.07, 6.45) is 3.05. The normalized spacial score (nSPS) is 11.2. The van der Waals surface area contributed by atoms with Crippen LogP contribution in [-0.2, 0) is 0 Å². The van der Waals surface area contributed by atoms with Gasteiger partial charge in [-0.25, -0.2) is 0 Å². The van der Waals surface area contributed by atoms with E-state index >= 15 is 0 Å². The van der Waals surface area contributed by atoms with E-state index in [1.165, 1.54) is 20.3 Å². The summed E-state index contributed by atoms with van der Waals surface area (Å²) in [4.78, 5) is 16.0. The summed E-state index contributed by atoms with van der Waals surface area (Å²) in [6.45, 7) is 0. The van der Waals surface area contributed by atoms with Gasteiger partial charge >= 0.3 is 0 Å². The highest BCUT2D eigenvalue weighted by Crippen LogP contribution is 2.36. The summed E-state index contributed by atoms with van der Waals surface area (Å²) in [5.41, 5.74) is 1.67. The Morgan fingerprint density at radius 1 is 1.14 bits per heavy atom. The second-order valence-electron chi connectivity index (χ2n) is 5.85. The first-order valence-corrected chi connectivity index (χ1v) is 8.63. The number of aromatic nitrogens is 1. The summed E-state index contributed by atoms with van der Waals surface area (Å²) >= 11 is 6.21. The van der Waals surface area contributed by atoms with Crippen LogP contribution in [0.15, 0.2) is 42.1 Å². The minimum absolute atomic E-state index is 0.0352. The molecule has 0 saturated heterocycles. The maximum absolute atomic E-state index is 13.0. The van der Waals surface area contributed by atoms with Crippen molar-refractivity contribution in [2.24, 2.45) is 0 Å². The van der Waals surface area contributed by atoms with Crippen LogP contribution in [0, 0.1) is 11.3 Å². The van der Waals surface area contributed by atoms with E-state index < -0.39 is 5.78 Å². The highest BCUT2D eigenvalue weighted by atomic mass is 35.5. The third-order valence-corrected chi connectivity index (χ3v) is 4.55. The van der Waals surface area contributed by atoms with Gasteiger partial charge in [0.25, 0.3) is 0 Å². The molecule has 28 heavy (non-hydrogen) atoms. The van der Waals surface area contributed by atoms with E-state index in [1.807, 2.05) is 12.1 Å². The lowest BCUT2D eigenvalue weighted by atomic mass is 10.0. The number of hydrogen-bond acceptors (Lipinski definition) is 5. The van der Waals surface area contributed by atoms with Gasteiger partial charge in [0.2, 0.25) is 5.78 Å². The average Bonchev–Trinajstić information content (AvgIpc) is 3.13. The smallest absolute Gasteiger partial charge is 0.205 e. The Balaban J connectivity index is 2.06. The van der Waals surface area contributed by atoms with Gasteiger partial charge in [0.1, 0.15) is 17.4 Å². The molecule has 6 nitrogen and oxygen atoms in total. The first-order valence-electron chi connectivity index (χ1n) is 8.25. The Kier molecular flexibility index (Phi) is 5.57. The highest BCUT2D eigenvalue weighted by Gasteiger charge is 2.18. The van der Waals surface area contributed by atoms with Crippen molar-refractivity contribution in [1.82, 2.24) is 4.98 Å². The van der Waals surface area contributed by atoms with Crippen LogP contribution < -0.4 is 14.2 Å². The van der Waals surface area contributed by atoms with Crippen LogP contribution in [0.2, 0.25) is 5.02 Å². The van der Waals surface area contributed by atoms with Crippen LogP contribution in [0.3, 0.4) is 0 Å². The van der Waals surface area contributed by atoms with Crippen molar-refractivity contribution in [2.75, 3.05) is 21.3 Å². The van der Waals surface area contributed by atoms with Crippen molar-refractivity contribution >= 4 is 34.4 Å². The number of Topliss-reactive ketones (excluding diaryl/α,β-unsaturated/α-hetero) is 1. The quantitative estimate of drug-likeness (QED) is 0.373. The molecule has 0 fully saturated rings. The molecule has 0 atom stereocenters. The topological polar surface area (TPSA) is 84.3 Å². The fourth-order valence-corrected chi connectivity index (χ4v) is 3.19. The number of nitrogens with zero attached hydrogens (tertiary/aromatic N) is 1. The molecule has 2 aromatic carbocycles. The van der Waals surface area contributed by atoms with Crippen LogP contribution >= 0.6 is 11.6 Å². The van der Waals surface area contributed by atoms with Gasteiger partial charge < -0.3 is 19.2 Å². The third kappa shape index (κ3) is 3.53. The van der Waals surface area contributed by atoms with E-state index in [1.54, 1.807) is 37.6 Å². The lowest BCUT2D eigenvalue weighted by molar-refractivity contribution is 0.104. The number of aromatic amines is 1. The van der Waals surface area contributed by atoms with Crippen LogP contribution in [0.1, 0.15) is 15.9 Å². The van der Waals surface area contributed by atoms with Crippen molar-refractivity contribution in [3.8, 4) is 23.3 Å². The first kappa shape index (κ1) is 19.3. The molecule has 0 bridgehead atoms. The number of ether oxygens (including phenoxy) is 3. The van der Waals surface area contributed by atoms with E-state index in [-0.39, 0.29) is 5.57 Å². The summed E-state index contributed by atoms with van der Waals surface area (Å²) in [5.74, 6) is 1.00. The van der Waals surface area contributed by atoms with Gasteiger partial charge in [-0.15, -0.1) is 0 Å². The number of allylic oxidation sites excluding steroid dienone is 1. The number of nitrogens with one attached hydrogen (secondary N) is 1. The fourth-order valence-electron chi connectivity index (χ4n) is 2.90. The third-order valence-electron chi connectivity index (χ3n) is 4.27. The molecule has 0 radical (unpaired) electrons. The molecule has 0 amide bonds. The summed E-state index contributed by atoms with van der Waals surface area (Å²) in [7, 11) is 4.52. The minimum atomic E-state index is -0.409. The standard InChI is InChI=1S/C21H17ClN2O4/c1-26-14-4-5-18-15(9-14)16(11-24-18)20(25)13(10-23)6-12-7-17(22)21(28-3)19(8-12)27-2/h4-9,11,24H,1-3H3/b13-6-. The number of carbonyl (C=O) groups is 1. The van der Waals surface area contributed by atoms with Crippen LogP contribution in [0.25, 0.3) is 17.0 Å². The molecular formula is C21H17ClN2O4. The molecule has 0 saturated carbocycles. The molecule has 0 unspecified atom stereocenters. The highest BCUT2D eigenvalue weighted by molar-refractivity contribution is 6.32. The Labute approximate surface area is 166 Å². The zero-order chi connectivity index (χ0) is 20.3. The summed E-state index contributed by atoms with van der Waals surface area (Å²) < 4.78 is 15.7. The zero-order valence-electron chi connectivity index (χ0n) is 15.5. The van der Waals surface area contributed by atoms with Gasteiger partial charge in [-0.1, -0.05) is 11.6 Å². The molecular weight excluding hydrogens is 380 g/mol. The Bertz CT molecular complexity index is 1130. The molecule has 7 heteroatoms. The molecule has 142 valence electrons. The molecule has 0 aliphatic carbocycles. The number of halogens is 1. The number of benzene rings is 2. The second-order valence-corrected chi connectivity index (χ2v) is 6.26. The van der Waals surface area contributed by atoms with Crippen molar-refractivity contribution in [3.05, 3.63) is 58.3 Å². The number of hydrogen-bond donors (Lipinski definition) is 1. The van der Waals surface area contributed by atoms with E-state index in [0.717, 1.165) is 5.52 Å². The minimum Gasteiger partial charge on any atom is -0.497 e. The maximum Gasteiger partial charge on any atom is 0.205 e. The van der Waals surface area contributed by atoms with E-state index in [9.17, 15) is 10.1 Å². The Morgan fingerprint density at radius 3 is 2.57 bits per heavy atom. The molecule has 1 aromatic heterocycles. The van der Waals surface area contributed by atoms with Gasteiger partial charge in [0.05, 0.1) is 26.4 Å². The average molecular weight is 397 g/mol. The number of nitriles is 1. The zero-order valence-corrected chi connectivity index (χ0v) is 16.3. The van der Waals surface area contributed by atoms with Gasteiger partial charge in [0, 0.05) is 22.7 Å². The number of H-pyrrole nitrogens is 1. The molecule has 1 N–H and O–H groups in total. The van der Waals surface area contributed by atoms with Crippen LogP contribution in [0.5, 0.6) is 17.2 Å². The van der Waals surface area contributed by atoms with Crippen LogP contribution in [-0.4, -0.2) is 32.1 Å². The van der Waals surface area contributed by atoms with E-state index in [0.29, 0.717) is 38.8 Å².